The zero-order valence-electron chi connectivity index (χ0n) is 55.8. The van der Waals surface area contributed by atoms with Gasteiger partial charge in [-0.3, -0.25) is 4.79 Å². The average molecular weight is 1290 g/mol. The number of aliphatic hydroxyl groups excluding tert-OH is 11. The Morgan fingerprint density at radius 3 is 1.23 bits per heavy atom. The summed E-state index contributed by atoms with van der Waals surface area (Å²) in [5.74, 6) is -0.285. The number of nitrogens with one attached hydrogen (secondary N) is 1. The molecule has 12 N–H and O–H groups in total. The number of aliphatic hydroxyl groups is 11. The van der Waals surface area contributed by atoms with E-state index in [0.717, 1.165) is 64.2 Å². The molecule has 0 bridgehead atoms. The van der Waals surface area contributed by atoms with Crippen molar-refractivity contribution >= 4 is 5.91 Å². The van der Waals surface area contributed by atoms with Gasteiger partial charge in [0.05, 0.1) is 38.6 Å². The smallest absolute Gasteiger partial charge is 0.220 e. The lowest BCUT2D eigenvalue weighted by atomic mass is 9.96. The van der Waals surface area contributed by atoms with Crippen molar-refractivity contribution in [3.05, 3.63) is 72.9 Å². The van der Waals surface area contributed by atoms with Crippen LogP contribution < -0.4 is 5.32 Å². The van der Waals surface area contributed by atoms with Crippen LogP contribution >= 0.6 is 0 Å². The molecule has 17 unspecified atom stereocenters. The first-order valence-corrected chi connectivity index (χ1v) is 35.7. The van der Waals surface area contributed by atoms with Crippen LogP contribution in [0, 0.1) is 0 Å². The number of rotatable bonds is 54. The molecule has 0 aromatic carbocycles. The predicted octanol–water partition coefficient (Wildman–Crippen LogP) is 9.72. The summed E-state index contributed by atoms with van der Waals surface area (Å²) >= 11 is 0. The molecule has 3 aliphatic rings. The summed E-state index contributed by atoms with van der Waals surface area (Å²) in [6.45, 7) is 1.60. The van der Waals surface area contributed by atoms with Crippen molar-refractivity contribution < 1.29 is 89.4 Å². The van der Waals surface area contributed by atoms with E-state index in [2.05, 4.69) is 79.9 Å². The van der Waals surface area contributed by atoms with E-state index < -0.39 is 124 Å². The van der Waals surface area contributed by atoms with Gasteiger partial charge in [0.2, 0.25) is 5.91 Å². The van der Waals surface area contributed by atoms with Crippen molar-refractivity contribution in [2.75, 3.05) is 26.4 Å². The van der Waals surface area contributed by atoms with E-state index in [1.807, 2.05) is 6.08 Å². The second-order valence-corrected chi connectivity index (χ2v) is 25.3. The van der Waals surface area contributed by atoms with Gasteiger partial charge in [0.15, 0.2) is 18.9 Å². The van der Waals surface area contributed by atoms with E-state index in [-0.39, 0.29) is 18.9 Å². The van der Waals surface area contributed by atoms with Crippen LogP contribution in [-0.4, -0.2) is 193 Å². The molecule has 528 valence electrons. The first kappa shape index (κ1) is 82.5. The lowest BCUT2D eigenvalue weighted by Gasteiger charge is -2.48. The third-order valence-electron chi connectivity index (χ3n) is 17.5. The SMILES string of the molecule is CC/C=C\C/C=C\C/C=C\C/C=C\CCCCCCCCCCCCCCCCCCCCC(=O)NC(COC1OC(CO)C(OC2OC(CO)C(OC3OC(CO)C(O)C(O)C3O)C(O)C2O)C(O)C1O)C(O)/C=C/CC/C=C/CCCCCCCCCCC. The quantitative estimate of drug-likeness (QED) is 0.0199. The van der Waals surface area contributed by atoms with Crippen LogP contribution in [0.25, 0.3) is 0 Å². The van der Waals surface area contributed by atoms with Gasteiger partial charge in [0.1, 0.15) is 73.2 Å². The van der Waals surface area contributed by atoms with Crippen LogP contribution in [0.5, 0.6) is 0 Å². The number of hydrogen-bond acceptors (Lipinski definition) is 18. The van der Waals surface area contributed by atoms with Gasteiger partial charge in [-0.05, 0) is 70.6 Å². The van der Waals surface area contributed by atoms with Gasteiger partial charge < -0.3 is 89.9 Å². The number of carbonyl (C=O) groups is 1. The van der Waals surface area contributed by atoms with E-state index in [4.69, 9.17) is 28.4 Å². The second kappa shape index (κ2) is 53.4. The Kier molecular flexibility index (Phi) is 48.4. The van der Waals surface area contributed by atoms with Crippen molar-refractivity contribution in [1.82, 2.24) is 5.32 Å². The fraction of sp³-hybridized carbons (Fsp3) is 0.819. The third kappa shape index (κ3) is 35.2. The highest BCUT2D eigenvalue weighted by atomic mass is 16.8. The molecule has 0 aromatic heterocycles. The van der Waals surface area contributed by atoms with Crippen LogP contribution in [0.15, 0.2) is 72.9 Å². The van der Waals surface area contributed by atoms with Crippen LogP contribution in [0.2, 0.25) is 0 Å². The molecule has 3 aliphatic heterocycles. The normalized spacial score (nSPS) is 28.3. The molecule has 0 radical (unpaired) electrons. The lowest BCUT2D eigenvalue weighted by molar-refractivity contribution is -0.379. The van der Waals surface area contributed by atoms with Crippen LogP contribution in [0.3, 0.4) is 0 Å². The van der Waals surface area contributed by atoms with Crippen LogP contribution in [-0.2, 0) is 33.2 Å². The van der Waals surface area contributed by atoms with Crippen molar-refractivity contribution in [1.29, 1.82) is 0 Å². The van der Waals surface area contributed by atoms with Gasteiger partial charge in [-0.25, -0.2) is 0 Å². The summed E-state index contributed by atoms with van der Waals surface area (Å²) in [5, 5.41) is 120. The Labute approximate surface area is 547 Å². The summed E-state index contributed by atoms with van der Waals surface area (Å²) in [6.07, 6.45) is 40.3. The fourth-order valence-electron chi connectivity index (χ4n) is 11.7. The van der Waals surface area contributed by atoms with E-state index in [1.165, 1.54) is 148 Å². The molecule has 0 aromatic rings. The number of unbranched alkanes of at least 4 members (excludes halogenated alkanes) is 28. The van der Waals surface area contributed by atoms with Gasteiger partial charge in [0, 0.05) is 6.42 Å². The lowest BCUT2D eigenvalue weighted by Crippen LogP contribution is -2.66. The minimum atomic E-state index is -1.98. The Morgan fingerprint density at radius 1 is 0.407 bits per heavy atom. The molecule has 0 aliphatic carbocycles. The highest BCUT2D eigenvalue weighted by Gasteiger charge is 2.53. The average Bonchev–Trinajstić information content (AvgIpc) is 0.876. The first-order valence-electron chi connectivity index (χ1n) is 35.7. The Morgan fingerprint density at radius 2 is 0.769 bits per heavy atom. The largest absolute Gasteiger partial charge is 0.394 e. The predicted molar refractivity (Wildman–Crippen MR) is 355 cm³/mol. The van der Waals surface area contributed by atoms with Gasteiger partial charge >= 0.3 is 0 Å². The van der Waals surface area contributed by atoms with E-state index >= 15 is 0 Å². The zero-order valence-corrected chi connectivity index (χ0v) is 55.8. The Hall–Kier alpha value is -2.77. The molecule has 0 saturated carbocycles. The van der Waals surface area contributed by atoms with Gasteiger partial charge in [-0.1, -0.05) is 241 Å². The zero-order chi connectivity index (χ0) is 66.1. The van der Waals surface area contributed by atoms with Crippen molar-refractivity contribution in [3.8, 4) is 0 Å². The number of ether oxygens (including phenoxy) is 6. The highest BCUT2D eigenvalue weighted by molar-refractivity contribution is 5.76. The van der Waals surface area contributed by atoms with Crippen LogP contribution in [0.1, 0.15) is 245 Å². The fourth-order valence-corrected chi connectivity index (χ4v) is 11.7. The summed E-state index contributed by atoms with van der Waals surface area (Å²) < 4.78 is 34.3. The maximum atomic E-state index is 13.4. The number of allylic oxidation sites excluding steroid dienone is 11. The molecular formula is C72H127NO18. The monoisotopic (exact) mass is 1290 g/mol. The van der Waals surface area contributed by atoms with Crippen molar-refractivity contribution in [2.45, 2.75) is 349 Å². The van der Waals surface area contributed by atoms with Crippen molar-refractivity contribution in [3.63, 3.8) is 0 Å². The molecule has 19 heteroatoms. The molecule has 3 fully saturated rings. The Balaban J connectivity index is 1.38. The Bertz CT molecular complexity index is 1930. The topological polar surface area (TPSA) is 307 Å². The molecule has 3 saturated heterocycles. The minimum Gasteiger partial charge on any atom is -0.394 e. The van der Waals surface area contributed by atoms with Gasteiger partial charge in [-0.15, -0.1) is 0 Å². The second-order valence-electron chi connectivity index (χ2n) is 25.3. The standard InChI is InChI=1S/C72H127NO18/c1-3-5-7-9-11-13-15-17-19-20-21-22-23-24-25-26-27-28-29-30-31-32-33-34-36-38-40-42-44-46-48-50-60(78)73-55(56(77)49-47-45-43-41-39-37-35-18-16-14-12-10-8-6-4-2)54-86-70-66(84)63(81)68(58(52-75)88-70)91-72-67(85)64(82)69(59(53-76)89-72)90-71-65(83)62(80)61(79)57(51-74)87-71/h5,7,11,13,17,19,21-22,39,41,47,49,55-59,61-72,74-77,79-85H,3-4,6,8-10,12,14-16,18,20,23-38,40,42-46,48,50-54H2,1-2H3,(H,73,78)/b7-5-,13-11-,19-17-,22-21-,41-39+,49-47+. The summed E-state index contributed by atoms with van der Waals surface area (Å²) in [6, 6.07) is -0.991. The summed E-state index contributed by atoms with van der Waals surface area (Å²) in [4.78, 5) is 13.4. The highest BCUT2D eigenvalue weighted by Crippen LogP contribution is 2.33. The molecule has 3 rings (SSSR count). The molecule has 0 spiro atoms. The number of amides is 1. The van der Waals surface area contributed by atoms with E-state index in [9.17, 15) is 61.0 Å². The van der Waals surface area contributed by atoms with Gasteiger partial charge in [-0.2, -0.15) is 0 Å². The maximum absolute atomic E-state index is 13.4. The minimum absolute atomic E-state index is 0.234. The maximum Gasteiger partial charge on any atom is 0.220 e. The molecule has 3 heterocycles. The molecule has 1 amide bonds. The van der Waals surface area contributed by atoms with E-state index in [0.29, 0.717) is 12.8 Å². The summed E-state index contributed by atoms with van der Waals surface area (Å²) in [7, 11) is 0. The van der Waals surface area contributed by atoms with Gasteiger partial charge in [0.25, 0.3) is 0 Å². The molecular weight excluding hydrogens is 1170 g/mol. The third-order valence-corrected chi connectivity index (χ3v) is 17.5. The molecule has 17 atom stereocenters. The molecule has 91 heavy (non-hydrogen) atoms. The number of carbonyl (C=O) groups excluding carboxylic acids is 1. The molecule has 19 nitrogen and oxygen atoms in total. The first-order chi connectivity index (χ1) is 44.3. The van der Waals surface area contributed by atoms with Crippen LogP contribution in [0.4, 0.5) is 0 Å². The summed E-state index contributed by atoms with van der Waals surface area (Å²) in [5.41, 5.74) is 0. The van der Waals surface area contributed by atoms with E-state index in [1.54, 1.807) is 6.08 Å². The number of hydrogen-bond donors (Lipinski definition) is 12. The van der Waals surface area contributed by atoms with Crippen molar-refractivity contribution in [2.24, 2.45) is 0 Å².